The molecule has 2 heterocycles. The van der Waals surface area contributed by atoms with Crippen LogP contribution in [0.15, 0.2) is 53.9 Å². The summed E-state index contributed by atoms with van der Waals surface area (Å²) in [5.74, 6) is 1.80. The number of nitrogens with zero attached hydrogens (tertiary/aromatic N) is 5. The van der Waals surface area contributed by atoms with Gasteiger partial charge < -0.3 is 15.2 Å². The molecule has 0 atom stereocenters. The predicted molar refractivity (Wildman–Crippen MR) is 128 cm³/mol. The Morgan fingerprint density at radius 2 is 2.03 bits per heavy atom. The average molecular weight is 507 g/mol. The number of benzene rings is 1. The number of nitrogens with one attached hydrogen (secondary N) is 2. The first-order valence-electron chi connectivity index (χ1n) is 9.73. The molecule has 2 N–H and O–H groups in total. The number of aromatic nitrogens is 4. The number of aromatic amines is 1. The maximum absolute atomic E-state index is 4.75. The molecule has 0 saturated heterocycles. The maximum atomic E-state index is 4.75. The number of H-pyrrole nitrogens is 1. The number of imidazole rings is 1. The lowest BCUT2D eigenvalue weighted by molar-refractivity contribution is 0.462. The Kier molecular flexibility index (Phi) is 9.17. The van der Waals surface area contributed by atoms with Crippen molar-refractivity contribution in [1.29, 1.82) is 0 Å². The van der Waals surface area contributed by atoms with Crippen molar-refractivity contribution in [2.75, 3.05) is 20.1 Å². The van der Waals surface area contributed by atoms with Crippen LogP contribution < -0.4 is 5.32 Å². The SMILES string of the molecule is CCNC(=NCCCn1cc(C)cn1)N(C)Cc1ncc(-c2ccccc2)[nH]1.I. The fraction of sp³-hybridized carbons (Fsp3) is 0.381. The summed E-state index contributed by atoms with van der Waals surface area (Å²) in [6, 6.07) is 10.2. The Morgan fingerprint density at radius 3 is 2.72 bits per heavy atom. The second kappa shape index (κ2) is 11.6. The van der Waals surface area contributed by atoms with E-state index in [0.717, 1.165) is 49.1 Å². The summed E-state index contributed by atoms with van der Waals surface area (Å²) >= 11 is 0. The third-order valence-corrected chi connectivity index (χ3v) is 4.37. The van der Waals surface area contributed by atoms with Crippen LogP contribution in [0.4, 0.5) is 0 Å². The Balaban J connectivity index is 0.00000300. The zero-order valence-corrected chi connectivity index (χ0v) is 19.6. The summed E-state index contributed by atoms with van der Waals surface area (Å²) < 4.78 is 1.97. The summed E-state index contributed by atoms with van der Waals surface area (Å²) in [6.07, 6.45) is 6.77. The Morgan fingerprint density at radius 1 is 1.24 bits per heavy atom. The van der Waals surface area contributed by atoms with Gasteiger partial charge in [0.15, 0.2) is 5.96 Å². The molecule has 3 aromatic rings. The van der Waals surface area contributed by atoms with Gasteiger partial charge in [0.05, 0.1) is 24.6 Å². The van der Waals surface area contributed by atoms with Crippen LogP contribution in [0.5, 0.6) is 0 Å². The van der Waals surface area contributed by atoms with Crippen LogP contribution in [0, 0.1) is 6.92 Å². The van der Waals surface area contributed by atoms with E-state index in [-0.39, 0.29) is 24.0 Å². The van der Waals surface area contributed by atoms with Gasteiger partial charge in [0, 0.05) is 32.9 Å². The second-order valence-electron chi connectivity index (χ2n) is 6.84. The molecule has 0 aliphatic heterocycles. The standard InChI is InChI=1S/C21H29N7.HI/c1-4-22-21(23-11-8-12-28-15-17(2)13-25-28)27(3)16-20-24-14-19(26-20)18-9-6-5-7-10-18;/h5-7,9-10,13-15H,4,8,11-12,16H2,1-3H3,(H,22,23)(H,24,26);1H. The highest BCUT2D eigenvalue weighted by atomic mass is 127. The van der Waals surface area contributed by atoms with Crippen LogP contribution in [0.3, 0.4) is 0 Å². The van der Waals surface area contributed by atoms with E-state index in [1.165, 1.54) is 5.56 Å². The molecule has 0 saturated carbocycles. The third-order valence-electron chi connectivity index (χ3n) is 4.37. The number of halogens is 1. The highest BCUT2D eigenvalue weighted by Crippen LogP contribution is 2.16. The minimum atomic E-state index is 0. The molecule has 0 radical (unpaired) electrons. The molecule has 8 heteroatoms. The quantitative estimate of drug-likeness (QED) is 0.211. The predicted octanol–water partition coefficient (Wildman–Crippen LogP) is 3.69. The molecule has 2 aromatic heterocycles. The molecule has 0 fully saturated rings. The van der Waals surface area contributed by atoms with Crippen molar-refractivity contribution in [2.24, 2.45) is 4.99 Å². The number of hydrogen-bond donors (Lipinski definition) is 2. The highest BCUT2D eigenvalue weighted by Gasteiger charge is 2.09. The summed E-state index contributed by atoms with van der Waals surface area (Å²) in [5.41, 5.74) is 3.35. The fourth-order valence-corrected chi connectivity index (χ4v) is 2.98. The second-order valence-corrected chi connectivity index (χ2v) is 6.84. The monoisotopic (exact) mass is 507 g/mol. The highest BCUT2D eigenvalue weighted by molar-refractivity contribution is 14.0. The van der Waals surface area contributed by atoms with Crippen molar-refractivity contribution < 1.29 is 0 Å². The van der Waals surface area contributed by atoms with Crippen LogP contribution in [-0.4, -0.2) is 50.7 Å². The first-order valence-corrected chi connectivity index (χ1v) is 9.73. The summed E-state index contributed by atoms with van der Waals surface area (Å²) in [5, 5.41) is 7.67. The van der Waals surface area contributed by atoms with E-state index in [1.807, 2.05) is 42.3 Å². The number of hydrogen-bond acceptors (Lipinski definition) is 3. The Bertz CT molecular complexity index is 885. The normalized spacial score (nSPS) is 11.2. The average Bonchev–Trinajstić information content (AvgIpc) is 3.34. The summed E-state index contributed by atoms with van der Waals surface area (Å²) in [7, 11) is 2.03. The minimum Gasteiger partial charge on any atom is -0.357 e. The smallest absolute Gasteiger partial charge is 0.194 e. The zero-order chi connectivity index (χ0) is 19.8. The molecule has 0 bridgehead atoms. The molecular weight excluding hydrogens is 477 g/mol. The fourth-order valence-electron chi connectivity index (χ4n) is 2.98. The largest absolute Gasteiger partial charge is 0.357 e. The third kappa shape index (κ3) is 6.88. The zero-order valence-electron chi connectivity index (χ0n) is 17.3. The molecule has 0 spiro atoms. The van der Waals surface area contributed by atoms with Crippen molar-refractivity contribution in [2.45, 2.75) is 33.4 Å². The van der Waals surface area contributed by atoms with Crippen LogP contribution in [0.25, 0.3) is 11.3 Å². The lowest BCUT2D eigenvalue weighted by Crippen LogP contribution is -2.38. The van der Waals surface area contributed by atoms with Crippen molar-refractivity contribution >= 4 is 29.9 Å². The van der Waals surface area contributed by atoms with E-state index >= 15 is 0 Å². The Hall–Kier alpha value is -2.36. The van der Waals surface area contributed by atoms with Crippen LogP contribution in [0.2, 0.25) is 0 Å². The molecular formula is C21H30IN7. The molecule has 3 rings (SSSR count). The van der Waals surface area contributed by atoms with Gasteiger partial charge in [-0.25, -0.2) is 4.98 Å². The van der Waals surface area contributed by atoms with Crippen LogP contribution in [-0.2, 0) is 13.1 Å². The van der Waals surface area contributed by atoms with Crippen LogP contribution >= 0.6 is 24.0 Å². The van der Waals surface area contributed by atoms with Crippen molar-refractivity contribution in [1.82, 2.24) is 30.0 Å². The molecule has 1 aromatic carbocycles. The van der Waals surface area contributed by atoms with E-state index in [4.69, 9.17) is 4.99 Å². The van der Waals surface area contributed by atoms with Gasteiger partial charge in [0.2, 0.25) is 0 Å². The molecule has 156 valence electrons. The van der Waals surface area contributed by atoms with Gasteiger partial charge in [0.1, 0.15) is 5.82 Å². The lowest BCUT2D eigenvalue weighted by atomic mass is 10.2. The number of aryl methyl sites for hydroxylation is 2. The van der Waals surface area contributed by atoms with E-state index < -0.39 is 0 Å². The maximum Gasteiger partial charge on any atom is 0.194 e. The molecule has 0 amide bonds. The summed E-state index contributed by atoms with van der Waals surface area (Å²) in [6.45, 7) is 7.25. The van der Waals surface area contributed by atoms with Crippen molar-refractivity contribution in [3.8, 4) is 11.3 Å². The molecule has 0 aliphatic rings. The van der Waals surface area contributed by atoms with Crippen molar-refractivity contribution in [3.05, 3.63) is 60.3 Å². The van der Waals surface area contributed by atoms with Gasteiger partial charge in [-0.1, -0.05) is 30.3 Å². The topological polar surface area (TPSA) is 74.1 Å². The molecule has 0 unspecified atom stereocenters. The van der Waals surface area contributed by atoms with E-state index in [9.17, 15) is 0 Å². The first kappa shape index (κ1) is 22.9. The van der Waals surface area contributed by atoms with Gasteiger partial charge in [-0.15, -0.1) is 24.0 Å². The lowest BCUT2D eigenvalue weighted by Gasteiger charge is -2.21. The van der Waals surface area contributed by atoms with Gasteiger partial charge in [-0.3, -0.25) is 9.67 Å². The van der Waals surface area contributed by atoms with Gasteiger partial charge in [-0.05, 0) is 31.4 Å². The van der Waals surface area contributed by atoms with Gasteiger partial charge in [-0.2, -0.15) is 5.10 Å². The molecule has 29 heavy (non-hydrogen) atoms. The molecule has 0 aliphatic carbocycles. The Labute approximate surface area is 189 Å². The number of aliphatic imine (C=N–C) groups is 1. The van der Waals surface area contributed by atoms with Crippen LogP contribution in [0.1, 0.15) is 24.7 Å². The van der Waals surface area contributed by atoms with E-state index in [0.29, 0.717) is 6.54 Å². The first-order chi connectivity index (χ1) is 13.7. The molecule has 7 nitrogen and oxygen atoms in total. The van der Waals surface area contributed by atoms with E-state index in [1.54, 1.807) is 0 Å². The van der Waals surface area contributed by atoms with Crippen molar-refractivity contribution in [3.63, 3.8) is 0 Å². The number of guanidine groups is 1. The van der Waals surface area contributed by atoms with Gasteiger partial charge >= 0.3 is 0 Å². The van der Waals surface area contributed by atoms with Gasteiger partial charge in [0.25, 0.3) is 0 Å². The number of rotatable bonds is 8. The minimum absolute atomic E-state index is 0. The summed E-state index contributed by atoms with van der Waals surface area (Å²) in [4.78, 5) is 14.8. The van der Waals surface area contributed by atoms with E-state index in [2.05, 4.69) is 57.5 Å².